The van der Waals surface area contributed by atoms with Gasteiger partial charge in [0.15, 0.2) is 0 Å². The predicted molar refractivity (Wildman–Crippen MR) is 130 cm³/mol. The second kappa shape index (κ2) is 6.99. The van der Waals surface area contributed by atoms with Crippen molar-refractivity contribution < 1.29 is 0 Å². The van der Waals surface area contributed by atoms with E-state index in [0.717, 1.165) is 44.6 Å². The topological polar surface area (TPSA) is 87.7 Å². The Balaban J connectivity index is 1.82. The van der Waals surface area contributed by atoms with Gasteiger partial charge in [-0.2, -0.15) is 0 Å². The number of hydrogen-bond donors (Lipinski definition) is 2. The van der Waals surface area contributed by atoms with Crippen LogP contribution in [0.25, 0.3) is 44.6 Å². The number of aromatic nitrogens is 4. The summed E-state index contributed by atoms with van der Waals surface area (Å²) in [6.45, 7) is 0. The molecule has 0 saturated carbocycles. The molecule has 0 aliphatic carbocycles. The molecule has 0 spiro atoms. The van der Waals surface area contributed by atoms with Crippen LogP contribution in [-0.2, 0) is 0 Å². The molecule has 0 atom stereocenters. The van der Waals surface area contributed by atoms with Crippen LogP contribution in [0.5, 0.6) is 0 Å². The van der Waals surface area contributed by atoms with Crippen LogP contribution in [0.1, 0.15) is 0 Å². The molecule has 0 radical (unpaired) electrons. The van der Waals surface area contributed by atoms with E-state index in [2.05, 4.69) is 31.2 Å². The Morgan fingerprint density at radius 3 is 1.38 bits per heavy atom. The molecule has 6 aromatic rings. The van der Waals surface area contributed by atoms with Crippen molar-refractivity contribution in [2.75, 3.05) is 11.5 Å². The van der Waals surface area contributed by atoms with E-state index in [-0.39, 0.29) is 0 Å². The van der Waals surface area contributed by atoms with Gasteiger partial charge in [-0.15, -0.1) is 0 Å². The van der Waals surface area contributed by atoms with Crippen molar-refractivity contribution in [3.8, 4) is 22.8 Å². The summed E-state index contributed by atoms with van der Waals surface area (Å²) in [5.74, 6) is 0. The first-order valence-electron chi connectivity index (χ1n) is 10.3. The first kappa shape index (κ1) is 18.2. The molecule has 4 aromatic heterocycles. The summed E-state index contributed by atoms with van der Waals surface area (Å²) >= 11 is 0. The zero-order valence-corrected chi connectivity index (χ0v) is 17.2. The summed E-state index contributed by atoms with van der Waals surface area (Å²) < 4.78 is 4.27. The molecule has 0 aliphatic heterocycles. The van der Waals surface area contributed by atoms with Crippen molar-refractivity contribution in [1.29, 1.82) is 0 Å². The summed E-state index contributed by atoms with van der Waals surface area (Å²) in [6.07, 6.45) is 7.20. The maximum absolute atomic E-state index is 6.82. The summed E-state index contributed by atoms with van der Waals surface area (Å²) in [4.78, 5) is 8.70. The molecule has 154 valence electrons. The van der Waals surface area contributed by atoms with Crippen molar-refractivity contribution in [3.05, 3.63) is 97.6 Å². The highest BCUT2D eigenvalue weighted by Crippen LogP contribution is 2.45. The van der Waals surface area contributed by atoms with Crippen LogP contribution in [0.4, 0.5) is 11.4 Å². The zero-order chi connectivity index (χ0) is 21.7. The summed E-state index contributed by atoms with van der Waals surface area (Å²) in [6, 6.07) is 24.1. The average molecular weight is 416 g/mol. The lowest BCUT2D eigenvalue weighted by Gasteiger charge is -2.15. The molecule has 0 saturated heterocycles. The molecule has 0 unspecified atom stereocenters. The van der Waals surface area contributed by atoms with Gasteiger partial charge in [-0.1, -0.05) is 36.4 Å². The van der Waals surface area contributed by atoms with E-state index in [1.165, 1.54) is 0 Å². The highest BCUT2D eigenvalue weighted by molar-refractivity contribution is 6.09. The summed E-state index contributed by atoms with van der Waals surface area (Å²) in [5, 5.41) is 1.93. The van der Waals surface area contributed by atoms with Gasteiger partial charge in [-0.3, -0.25) is 9.97 Å². The molecule has 6 nitrogen and oxygen atoms in total. The number of fused-ring (bicyclic) bond motifs is 2. The molecule has 4 N–H and O–H groups in total. The van der Waals surface area contributed by atoms with Gasteiger partial charge in [-0.25, -0.2) is 0 Å². The van der Waals surface area contributed by atoms with Crippen LogP contribution >= 0.6 is 0 Å². The van der Waals surface area contributed by atoms with E-state index >= 15 is 0 Å². The Labute approximate surface area is 184 Å². The SMILES string of the molecule is Nc1c(-c2c(N)c3ccccc3n2-c2cccnc2)n(-c2cccnc2)c2ccccc12. The van der Waals surface area contributed by atoms with Crippen LogP contribution in [0, 0.1) is 0 Å². The largest absolute Gasteiger partial charge is 0.396 e. The lowest BCUT2D eigenvalue weighted by Crippen LogP contribution is -2.05. The van der Waals surface area contributed by atoms with Gasteiger partial charge >= 0.3 is 0 Å². The third-order valence-corrected chi connectivity index (χ3v) is 5.86. The van der Waals surface area contributed by atoms with Gasteiger partial charge in [0.2, 0.25) is 0 Å². The fourth-order valence-electron chi connectivity index (χ4n) is 4.51. The number of nitrogens with zero attached hydrogens (tertiary/aromatic N) is 4. The Bertz CT molecular complexity index is 1460. The van der Waals surface area contributed by atoms with E-state index in [0.29, 0.717) is 11.4 Å². The maximum Gasteiger partial charge on any atom is 0.0964 e. The molecule has 0 bridgehead atoms. The Kier molecular flexibility index (Phi) is 3.98. The van der Waals surface area contributed by atoms with Crippen LogP contribution in [0.2, 0.25) is 0 Å². The molecular weight excluding hydrogens is 396 g/mol. The summed E-state index contributed by atoms with van der Waals surface area (Å²) in [7, 11) is 0. The highest BCUT2D eigenvalue weighted by atomic mass is 15.1. The number of para-hydroxylation sites is 2. The zero-order valence-electron chi connectivity index (χ0n) is 17.2. The van der Waals surface area contributed by atoms with E-state index in [1.807, 2.05) is 73.1 Å². The predicted octanol–water partition coefficient (Wildman–Crippen LogP) is 5.20. The normalized spacial score (nSPS) is 11.4. The quantitative estimate of drug-likeness (QED) is 0.415. The highest BCUT2D eigenvalue weighted by Gasteiger charge is 2.26. The minimum absolute atomic E-state index is 0.670. The molecule has 2 aromatic carbocycles. The number of anilines is 2. The Hall–Kier alpha value is -4.58. The molecule has 0 fully saturated rings. The average Bonchev–Trinajstić information content (AvgIpc) is 3.31. The van der Waals surface area contributed by atoms with E-state index < -0.39 is 0 Å². The minimum Gasteiger partial charge on any atom is -0.396 e. The molecule has 0 amide bonds. The molecular formula is C26H20N6. The van der Waals surface area contributed by atoms with Crippen molar-refractivity contribution in [1.82, 2.24) is 19.1 Å². The van der Waals surface area contributed by atoms with Gasteiger partial charge in [0.1, 0.15) is 0 Å². The number of benzene rings is 2. The monoisotopic (exact) mass is 416 g/mol. The molecule has 0 aliphatic rings. The lowest BCUT2D eigenvalue weighted by atomic mass is 10.1. The first-order chi connectivity index (χ1) is 15.8. The smallest absolute Gasteiger partial charge is 0.0964 e. The molecule has 6 rings (SSSR count). The minimum atomic E-state index is 0.670. The fourth-order valence-corrected chi connectivity index (χ4v) is 4.51. The molecule has 4 heterocycles. The van der Waals surface area contributed by atoms with E-state index in [9.17, 15) is 0 Å². The van der Waals surface area contributed by atoms with Crippen LogP contribution < -0.4 is 11.5 Å². The van der Waals surface area contributed by atoms with Gasteiger partial charge in [0.25, 0.3) is 0 Å². The first-order valence-corrected chi connectivity index (χ1v) is 10.3. The third-order valence-electron chi connectivity index (χ3n) is 5.86. The van der Waals surface area contributed by atoms with Crippen molar-refractivity contribution in [2.45, 2.75) is 0 Å². The Morgan fingerprint density at radius 1 is 0.531 bits per heavy atom. The molecule has 32 heavy (non-hydrogen) atoms. The van der Waals surface area contributed by atoms with Crippen molar-refractivity contribution >= 4 is 33.2 Å². The van der Waals surface area contributed by atoms with Gasteiger partial charge in [0.05, 0.1) is 57.6 Å². The second-order valence-electron chi connectivity index (χ2n) is 7.65. The lowest BCUT2D eigenvalue weighted by molar-refractivity contribution is 1.05. The van der Waals surface area contributed by atoms with Gasteiger partial charge in [-0.05, 0) is 36.4 Å². The Morgan fingerprint density at radius 2 is 0.969 bits per heavy atom. The van der Waals surface area contributed by atoms with Gasteiger partial charge in [0, 0.05) is 23.2 Å². The van der Waals surface area contributed by atoms with Crippen LogP contribution in [-0.4, -0.2) is 19.1 Å². The summed E-state index contributed by atoms with van der Waals surface area (Å²) in [5.41, 5.74) is 20.5. The number of rotatable bonds is 3. The number of nitrogens with two attached hydrogens (primary N) is 2. The maximum atomic E-state index is 6.82. The van der Waals surface area contributed by atoms with Crippen molar-refractivity contribution in [3.63, 3.8) is 0 Å². The van der Waals surface area contributed by atoms with Crippen LogP contribution in [0.3, 0.4) is 0 Å². The number of hydrogen-bond acceptors (Lipinski definition) is 4. The van der Waals surface area contributed by atoms with Gasteiger partial charge < -0.3 is 20.6 Å². The standard InChI is InChI=1S/C26H20N6/c27-23-19-9-1-3-11-21(19)31(17-7-5-13-29-15-17)25(23)26-24(28)20-10-2-4-12-22(20)32(26)18-8-6-14-30-16-18/h1-16H,27-28H2. The van der Waals surface area contributed by atoms with Crippen molar-refractivity contribution in [2.24, 2.45) is 0 Å². The molecule has 6 heteroatoms. The number of pyridine rings is 2. The number of nitrogen functional groups attached to an aromatic ring is 2. The van der Waals surface area contributed by atoms with E-state index in [4.69, 9.17) is 11.5 Å². The third kappa shape index (κ3) is 2.53. The van der Waals surface area contributed by atoms with Crippen LogP contribution in [0.15, 0.2) is 97.6 Å². The van der Waals surface area contributed by atoms with E-state index in [1.54, 1.807) is 12.4 Å². The second-order valence-corrected chi connectivity index (χ2v) is 7.65. The fraction of sp³-hybridized carbons (Fsp3) is 0.